The first-order valence-electron chi connectivity index (χ1n) is 2.06. The average Bonchev–Trinajstić information content (AvgIpc) is 1.87. The number of carbonyl (C=O) groups is 2. The molecule has 1 aliphatic heterocycles. The molecular formula is C4H4NO2Y+2. The Morgan fingerprint density at radius 1 is 1.12 bits per heavy atom. The molecule has 0 bridgehead atoms. The molecule has 1 fully saturated rings. The van der Waals surface area contributed by atoms with E-state index < -0.39 is 0 Å². The first kappa shape index (κ1) is 8.24. The molecule has 0 spiro atoms. The van der Waals surface area contributed by atoms with E-state index in [0.29, 0.717) is 12.8 Å². The fraction of sp³-hybridized carbons (Fsp3) is 0.500. The standard InChI is InChI=1S/C4H5NO2.Y/c6-3-1-2-4(7)5-3;/h1-2H2,(H,5,6,7);/q;+3/p-1. The molecule has 1 rings (SSSR count). The fourth-order valence-corrected chi connectivity index (χ4v) is 0.465. The van der Waals surface area contributed by atoms with Crippen LogP contribution in [-0.2, 0) is 42.3 Å². The molecule has 0 aromatic rings. The van der Waals surface area contributed by atoms with Crippen LogP contribution in [-0.4, -0.2) is 11.8 Å². The summed E-state index contributed by atoms with van der Waals surface area (Å²) in [6.07, 6.45) is 0.637. The molecule has 1 aliphatic rings. The Kier molecular flexibility index (Phi) is 3.41. The summed E-state index contributed by atoms with van der Waals surface area (Å²) in [4.78, 5) is 20.1. The van der Waals surface area contributed by atoms with Gasteiger partial charge in [0.15, 0.2) is 0 Å². The summed E-state index contributed by atoms with van der Waals surface area (Å²) in [6, 6.07) is 0. The maximum atomic E-state index is 10.1. The minimum atomic E-state index is -0.273. The van der Waals surface area contributed by atoms with E-state index in [2.05, 4.69) is 5.32 Å². The van der Waals surface area contributed by atoms with Gasteiger partial charge >= 0.3 is 32.7 Å². The second kappa shape index (κ2) is 3.31. The summed E-state index contributed by atoms with van der Waals surface area (Å²) in [7, 11) is 0. The van der Waals surface area contributed by atoms with Crippen LogP contribution < -0.4 is 0 Å². The van der Waals surface area contributed by atoms with Crippen molar-refractivity contribution in [2.24, 2.45) is 0 Å². The molecule has 2 amide bonds. The van der Waals surface area contributed by atoms with E-state index in [9.17, 15) is 9.59 Å². The van der Waals surface area contributed by atoms with Crippen molar-refractivity contribution in [2.75, 3.05) is 0 Å². The number of rotatable bonds is 0. The third-order valence-electron chi connectivity index (χ3n) is 0.802. The van der Waals surface area contributed by atoms with E-state index in [-0.39, 0.29) is 44.5 Å². The van der Waals surface area contributed by atoms with Crippen molar-refractivity contribution < 1.29 is 42.3 Å². The molecule has 0 aliphatic carbocycles. The van der Waals surface area contributed by atoms with Gasteiger partial charge in [0.2, 0.25) is 0 Å². The zero-order valence-electron chi connectivity index (χ0n) is 4.26. The minimum Gasteiger partial charge on any atom is -0.596 e. The van der Waals surface area contributed by atoms with Crippen molar-refractivity contribution >= 4 is 11.8 Å². The van der Waals surface area contributed by atoms with Crippen molar-refractivity contribution in [3.8, 4) is 0 Å². The Bertz CT molecular complexity index is 109. The van der Waals surface area contributed by atoms with Crippen molar-refractivity contribution in [3.05, 3.63) is 5.32 Å². The molecule has 3 nitrogen and oxygen atoms in total. The van der Waals surface area contributed by atoms with Crippen molar-refractivity contribution in [3.63, 3.8) is 0 Å². The number of hydrogen-bond acceptors (Lipinski definition) is 2. The monoisotopic (exact) mass is 187 g/mol. The maximum absolute atomic E-state index is 10.1. The third-order valence-corrected chi connectivity index (χ3v) is 0.802. The van der Waals surface area contributed by atoms with Gasteiger partial charge in [-0.05, 0) is 12.8 Å². The molecule has 0 radical (unpaired) electrons. The molecule has 0 unspecified atom stereocenters. The van der Waals surface area contributed by atoms with Crippen LogP contribution >= 0.6 is 0 Å². The summed E-state index contributed by atoms with van der Waals surface area (Å²) in [6.45, 7) is 0. The first-order chi connectivity index (χ1) is 3.29. The number of nitrogens with zero attached hydrogens (tertiary/aromatic N) is 1. The van der Waals surface area contributed by atoms with E-state index in [0.717, 1.165) is 0 Å². The van der Waals surface area contributed by atoms with Gasteiger partial charge in [0, 0.05) is 0 Å². The van der Waals surface area contributed by atoms with Gasteiger partial charge in [-0.2, -0.15) is 0 Å². The van der Waals surface area contributed by atoms with Crippen LogP contribution in [0, 0.1) is 0 Å². The third kappa shape index (κ3) is 2.01. The van der Waals surface area contributed by atoms with E-state index in [1.807, 2.05) is 0 Å². The van der Waals surface area contributed by atoms with E-state index in [1.54, 1.807) is 0 Å². The van der Waals surface area contributed by atoms with Gasteiger partial charge in [-0.1, -0.05) is 0 Å². The number of amides is 2. The molecule has 0 aromatic heterocycles. The first-order valence-corrected chi connectivity index (χ1v) is 2.06. The molecule has 0 N–H and O–H groups in total. The molecule has 0 aromatic carbocycles. The van der Waals surface area contributed by atoms with Crippen LogP contribution in [0.5, 0.6) is 0 Å². The zero-order valence-corrected chi connectivity index (χ0v) is 7.09. The summed E-state index contributed by atoms with van der Waals surface area (Å²) in [5, 5.41) is 3.11. The van der Waals surface area contributed by atoms with Gasteiger partial charge in [0.1, 0.15) is 0 Å². The number of imide groups is 1. The minimum absolute atomic E-state index is 0. The Morgan fingerprint density at radius 2 is 1.50 bits per heavy atom. The van der Waals surface area contributed by atoms with Crippen molar-refractivity contribution in [2.45, 2.75) is 12.8 Å². The second-order valence-electron chi connectivity index (χ2n) is 1.40. The summed E-state index contributed by atoms with van der Waals surface area (Å²) < 4.78 is 0. The van der Waals surface area contributed by atoms with Gasteiger partial charge in [0.05, 0.1) is 11.8 Å². The molecule has 1 heterocycles. The summed E-state index contributed by atoms with van der Waals surface area (Å²) in [5.74, 6) is -0.546. The van der Waals surface area contributed by atoms with Crippen LogP contribution in [0.1, 0.15) is 12.8 Å². The van der Waals surface area contributed by atoms with E-state index in [1.165, 1.54) is 0 Å². The van der Waals surface area contributed by atoms with E-state index >= 15 is 0 Å². The van der Waals surface area contributed by atoms with Gasteiger partial charge in [-0.25, -0.2) is 0 Å². The predicted octanol–water partition coefficient (Wildman–Crippen LogP) is 0.205. The maximum Gasteiger partial charge on any atom is 3.00 e. The molecule has 38 valence electrons. The van der Waals surface area contributed by atoms with E-state index in [4.69, 9.17) is 0 Å². The smallest absolute Gasteiger partial charge is 0.596 e. The Labute approximate surface area is 72.1 Å². The largest absolute Gasteiger partial charge is 3.00 e. The summed E-state index contributed by atoms with van der Waals surface area (Å²) in [5.41, 5.74) is 0. The van der Waals surface area contributed by atoms with Crippen LogP contribution in [0.2, 0.25) is 0 Å². The Balaban J connectivity index is 0.000000490. The van der Waals surface area contributed by atoms with Crippen LogP contribution in [0.3, 0.4) is 0 Å². The molecule has 4 heteroatoms. The Hall–Kier alpha value is 0.244. The fourth-order valence-electron chi connectivity index (χ4n) is 0.465. The zero-order chi connectivity index (χ0) is 5.28. The molecule has 0 atom stereocenters. The summed E-state index contributed by atoms with van der Waals surface area (Å²) >= 11 is 0. The predicted molar refractivity (Wildman–Crippen MR) is 22.6 cm³/mol. The van der Waals surface area contributed by atoms with Crippen LogP contribution in [0.15, 0.2) is 0 Å². The van der Waals surface area contributed by atoms with Gasteiger partial charge in [-0.3, -0.25) is 0 Å². The molecule has 0 saturated carbocycles. The van der Waals surface area contributed by atoms with Crippen molar-refractivity contribution in [1.82, 2.24) is 0 Å². The number of carbonyl (C=O) groups excluding carboxylic acids is 2. The van der Waals surface area contributed by atoms with Crippen molar-refractivity contribution in [1.29, 1.82) is 0 Å². The van der Waals surface area contributed by atoms with Gasteiger partial charge < -0.3 is 14.9 Å². The SMILES string of the molecule is O=C1CCC(=O)[N-]1.[Y+3]. The normalized spacial score (nSPS) is 17.5. The van der Waals surface area contributed by atoms with Gasteiger partial charge in [-0.15, -0.1) is 0 Å². The van der Waals surface area contributed by atoms with Crippen LogP contribution in [0.25, 0.3) is 5.32 Å². The quantitative estimate of drug-likeness (QED) is 0.508. The topological polar surface area (TPSA) is 48.2 Å². The molecular weight excluding hydrogens is 183 g/mol. The number of hydrogen-bond donors (Lipinski definition) is 0. The molecule has 8 heavy (non-hydrogen) atoms. The van der Waals surface area contributed by atoms with Gasteiger partial charge in [0.25, 0.3) is 0 Å². The Morgan fingerprint density at radius 3 is 1.62 bits per heavy atom. The average molecular weight is 187 g/mol. The van der Waals surface area contributed by atoms with Crippen LogP contribution in [0.4, 0.5) is 0 Å². The second-order valence-corrected chi connectivity index (χ2v) is 1.40. The molecule has 1 saturated heterocycles.